The van der Waals surface area contributed by atoms with E-state index >= 15 is 0 Å². The lowest BCUT2D eigenvalue weighted by atomic mass is 9.90. The number of aliphatic carboxylic acids is 1. The third-order valence-electron chi connectivity index (χ3n) is 3.50. The van der Waals surface area contributed by atoms with Crippen molar-refractivity contribution in [3.05, 3.63) is 40.9 Å². The summed E-state index contributed by atoms with van der Waals surface area (Å²) in [6.07, 6.45) is 0. The minimum Gasteiger partial charge on any atom is -0.481 e. The molecule has 3 nitrogen and oxygen atoms in total. The monoisotopic (exact) mass is 289 g/mol. The molecule has 0 unspecified atom stereocenters. The number of carboxylic acid groups (broad SMARTS) is 1. The lowest BCUT2D eigenvalue weighted by molar-refractivity contribution is -0.142. The Kier molecular flexibility index (Phi) is 3.95. The first-order valence-corrected chi connectivity index (χ1v) is 7.50. The molecular formula is C16H19NO2S. The van der Waals surface area contributed by atoms with Crippen molar-refractivity contribution in [3.63, 3.8) is 0 Å². The van der Waals surface area contributed by atoms with E-state index in [2.05, 4.69) is 31.0 Å². The van der Waals surface area contributed by atoms with Crippen LogP contribution in [-0.4, -0.2) is 16.1 Å². The molecule has 0 spiro atoms. The fourth-order valence-corrected chi connectivity index (χ4v) is 2.81. The highest BCUT2D eigenvalue weighted by Crippen LogP contribution is 2.31. The van der Waals surface area contributed by atoms with Gasteiger partial charge in [0, 0.05) is 10.9 Å². The van der Waals surface area contributed by atoms with Crippen molar-refractivity contribution in [3.8, 4) is 10.6 Å². The molecule has 0 saturated carbocycles. The van der Waals surface area contributed by atoms with E-state index in [-0.39, 0.29) is 0 Å². The Balaban J connectivity index is 2.31. The van der Waals surface area contributed by atoms with Crippen LogP contribution in [0.5, 0.6) is 0 Å². The van der Waals surface area contributed by atoms with E-state index in [1.165, 1.54) is 16.9 Å². The normalized spacial score (nSPS) is 11.8. The highest BCUT2D eigenvalue weighted by molar-refractivity contribution is 7.13. The topological polar surface area (TPSA) is 50.2 Å². The van der Waals surface area contributed by atoms with Gasteiger partial charge in [0.15, 0.2) is 0 Å². The first-order chi connectivity index (χ1) is 9.32. The van der Waals surface area contributed by atoms with E-state index in [1.54, 1.807) is 13.8 Å². The maximum Gasteiger partial charge on any atom is 0.315 e. The predicted molar refractivity (Wildman–Crippen MR) is 82.3 cm³/mol. The molecule has 1 aromatic carbocycles. The zero-order valence-electron chi connectivity index (χ0n) is 12.2. The van der Waals surface area contributed by atoms with Gasteiger partial charge in [-0.1, -0.05) is 38.1 Å². The standard InChI is InChI=1S/C16H19NO2S/c1-10(2)11-5-7-12(8-6-11)14-17-13(9-20-14)16(3,4)15(18)19/h5-10H,1-4H3,(H,18,19). The van der Waals surface area contributed by atoms with Crippen molar-refractivity contribution in [2.45, 2.75) is 39.0 Å². The quantitative estimate of drug-likeness (QED) is 0.913. The van der Waals surface area contributed by atoms with Crippen LogP contribution in [0.1, 0.15) is 44.9 Å². The van der Waals surface area contributed by atoms with E-state index in [1.807, 2.05) is 17.5 Å². The molecule has 4 heteroatoms. The Bertz CT molecular complexity index is 612. The molecule has 0 aliphatic rings. The maximum atomic E-state index is 11.3. The summed E-state index contributed by atoms with van der Waals surface area (Å²) >= 11 is 1.49. The van der Waals surface area contributed by atoms with Gasteiger partial charge >= 0.3 is 5.97 Å². The van der Waals surface area contributed by atoms with Crippen molar-refractivity contribution in [1.82, 2.24) is 4.98 Å². The lowest BCUT2D eigenvalue weighted by Gasteiger charge is -2.15. The van der Waals surface area contributed by atoms with Crippen LogP contribution >= 0.6 is 11.3 Å². The molecule has 0 radical (unpaired) electrons. The van der Waals surface area contributed by atoms with E-state index < -0.39 is 11.4 Å². The molecule has 1 N–H and O–H groups in total. The van der Waals surface area contributed by atoms with Gasteiger partial charge in [0.2, 0.25) is 0 Å². The van der Waals surface area contributed by atoms with Crippen LogP contribution in [0.25, 0.3) is 10.6 Å². The summed E-state index contributed by atoms with van der Waals surface area (Å²) in [6.45, 7) is 7.67. The van der Waals surface area contributed by atoms with Crippen LogP contribution < -0.4 is 0 Å². The van der Waals surface area contributed by atoms with Gasteiger partial charge in [0.25, 0.3) is 0 Å². The summed E-state index contributed by atoms with van der Waals surface area (Å²) < 4.78 is 0. The van der Waals surface area contributed by atoms with Crippen molar-refractivity contribution >= 4 is 17.3 Å². The summed E-state index contributed by atoms with van der Waals surface area (Å²) in [4.78, 5) is 15.7. The minimum absolute atomic E-state index is 0.502. The average molecular weight is 289 g/mol. The number of thiazole rings is 1. The van der Waals surface area contributed by atoms with Crippen LogP contribution in [0.15, 0.2) is 29.6 Å². The molecule has 0 bridgehead atoms. The number of aromatic nitrogens is 1. The van der Waals surface area contributed by atoms with Gasteiger partial charge in [-0.3, -0.25) is 4.79 Å². The van der Waals surface area contributed by atoms with Crippen LogP contribution in [0, 0.1) is 0 Å². The number of hydrogen-bond donors (Lipinski definition) is 1. The Morgan fingerprint density at radius 3 is 2.35 bits per heavy atom. The molecule has 0 fully saturated rings. The van der Waals surface area contributed by atoms with Crippen LogP contribution in [0.2, 0.25) is 0 Å². The summed E-state index contributed by atoms with van der Waals surface area (Å²) in [5.74, 6) is -0.355. The first-order valence-electron chi connectivity index (χ1n) is 6.62. The molecule has 0 atom stereocenters. The molecule has 0 amide bonds. The van der Waals surface area contributed by atoms with Gasteiger partial charge in [0.1, 0.15) is 10.4 Å². The van der Waals surface area contributed by atoms with Gasteiger partial charge in [-0.2, -0.15) is 0 Å². The number of carboxylic acids is 1. The third kappa shape index (κ3) is 2.75. The number of nitrogens with zero attached hydrogens (tertiary/aromatic N) is 1. The molecule has 0 saturated heterocycles. The molecule has 2 aromatic rings. The van der Waals surface area contributed by atoms with E-state index in [4.69, 9.17) is 0 Å². The molecule has 20 heavy (non-hydrogen) atoms. The van der Waals surface area contributed by atoms with Crippen molar-refractivity contribution in [1.29, 1.82) is 0 Å². The second-order valence-electron chi connectivity index (χ2n) is 5.74. The zero-order chi connectivity index (χ0) is 14.9. The van der Waals surface area contributed by atoms with Crippen molar-refractivity contribution < 1.29 is 9.90 Å². The number of benzene rings is 1. The average Bonchev–Trinajstić information content (AvgIpc) is 2.88. The largest absolute Gasteiger partial charge is 0.481 e. The Morgan fingerprint density at radius 2 is 1.85 bits per heavy atom. The van der Waals surface area contributed by atoms with E-state index in [0.29, 0.717) is 11.6 Å². The molecule has 2 rings (SSSR count). The Hall–Kier alpha value is -1.68. The number of rotatable bonds is 4. The third-order valence-corrected chi connectivity index (χ3v) is 4.39. The maximum absolute atomic E-state index is 11.3. The van der Waals surface area contributed by atoms with E-state index in [9.17, 15) is 9.90 Å². The summed E-state index contributed by atoms with van der Waals surface area (Å²) in [5, 5.41) is 11.9. The Morgan fingerprint density at radius 1 is 1.25 bits per heavy atom. The van der Waals surface area contributed by atoms with Gasteiger partial charge in [0.05, 0.1) is 5.69 Å². The van der Waals surface area contributed by atoms with Gasteiger partial charge in [-0.15, -0.1) is 11.3 Å². The molecule has 106 valence electrons. The number of hydrogen-bond acceptors (Lipinski definition) is 3. The van der Waals surface area contributed by atoms with Crippen LogP contribution in [0.3, 0.4) is 0 Å². The fourth-order valence-electron chi connectivity index (χ4n) is 1.81. The second-order valence-corrected chi connectivity index (χ2v) is 6.60. The summed E-state index contributed by atoms with van der Waals surface area (Å²) in [6, 6.07) is 8.30. The van der Waals surface area contributed by atoms with Crippen LogP contribution in [-0.2, 0) is 10.2 Å². The Labute approximate surface area is 123 Å². The van der Waals surface area contributed by atoms with E-state index in [0.717, 1.165) is 10.6 Å². The smallest absolute Gasteiger partial charge is 0.315 e. The number of carbonyl (C=O) groups is 1. The summed E-state index contributed by atoms with van der Waals surface area (Å²) in [7, 11) is 0. The van der Waals surface area contributed by atoms with Crippen molar-refractivity contribution in [2.24, 2.45) is 0 Å². The van der Waals surface area contributed by atoms with Crippen molar-refractivity contribution in [2.75, 3.05) is 0 Å². The molecule has 0 aliphatic carbocycles. The van der Waals surface area contributed by atoms with Gasteiger partial charge in [-0.05, 0) is 25.3 Å². The van der Waals surface area contributed by atoms with Gasteiger partial charge in [-0.25, -0.2) is 4.98 Å². The molecule has 0 aliphatic heterocycles. The predicted octanol–water partition coefficient (Wildman–Crippen LogP) is 4.30. The molecule has 1 aromatic heterocycles. The SMILES string of the molecule is CC(C)c1ccc(-c2nc(C(C)(C)C(=O)O)cs2)cc1. The minimum atomic E-state index is -0.952. The highest BCUT2D eigenvalue weighted by Gasteiger charge is 2.32. The lowest BCUT2D eigenvalue weighted by Crippen LogP contribution is -2.28. The molecular weight excluding hydrogens is 270 g/mol. The fraction of sp³-hybridized carbons (Fsp3) is 0.375. The highest BCUT2D eigenvalue weighted by atomic mass is 32.1. The second kappa shape index (κ2) is 5.37. The first kappa shape index (κ1) is 14.7. The zero-order valence-corrected chi connectivity index (χ0v) is 13.0. The molecule has 1 heterocycles. The summed E-state index contributed by atoms with van der Waals surface area (Å²) in [5.41, 5.74) is 1.98. The van der Waals surface area contributed by atoms with Crippen LogP contribution in [0.4, 0.5) is 0 Å². The van der Waals surface area contributed by atoms with Gasteiger partial charge < -0.3 is 5.11 Å².